The van der Waals surface area contributed by atoms with E-state index in [0.717, 1.165) is 23.2 Å². The molecule has 0 radical (unpaired) electrons. The molecule has 1 spiro atoms. The second-order valence-electron chi connectivity index (χ2n) is 5.76. The van der Waals surface area contributed by atoms with Gasteiger partial charge in [0.1, 0.15) is 0 Å². The maximum atomic E-state index is 2.41. The fourth-order valence-electron chi connectivity index (χ4n) is 3.61. The molecule has 2 aliphatic carbocycles. The van der Waals surface area contributed by atoms with E-state index in [0.29, 0.717) is 0 Å². The van der Waals surface area contributed by atoms with Crippen LogP contribution in [0.5, 0.6) is 0 Å². The Kier molecular flexibility index (Phi) is 1.97. The highest BCUT2D eigenvalue weighted by Crippen LogP contribution is 2.58. The third-order valence-corrected chi connectivity index (χ3v) is 4.25. The highest BCUT2D eigenvalue weighted by atomic mass is 14.5. The first-order chi connectivity index (χ1) is 5.61. The standard InChI is InChI=1S/C12H22/c1-9(2)11-4-5-12(8-11)6-10(3)7-12/h9-11H,4-8H2,1-3H3. The molecule has 0 heteroatoms. The molecule has 0 aromatic rings. The zero-order chi connectivity index (χ0) is 8.77. The van der Waals surface area contributed by atoms with Gasteiger partial charge < -0.3 is 0 Å². The van der Waals surface area contributed by atoms with Crippen molar-refractivity contribution >= 4 is 0 Å². The first kappa shape index (κ1) is 8.59. The van der Waals surface area contributed by atoms with Crippen LogP contribution < -0.4 is 0 Å². The topological polar surface area (TPSA) is 0 Å². The lowest BCUT2D eigenvalue weighted by Gasteiger charge is -2.44. The molecule has 0 aromatic heterocycles. The lowest BCUT2D eigenvalue weighted by molar-refractivity contribution is 0.0665. The molecule has 0 heterocycles. The Bertz CT molecular complexity index is 163. The van der Waals surface area contributed by atoms with Crippen LogP contribution >= 0.6 is 0 Å². The highest BCUT2D eigenvalue weighted by molar-refractivity contribution is 4.98. The van der Waals surface area contributed by atoms with Crippen molar-refractivity contribution in [3.63, 3.8) is 0 Å². The first-order valence-electron chi connectivity index (χ1n) is 5.61. The monoisotopic (exact) mass is 166 g/mol. The van der Waals surface area contributed by atoms with Gasteiger partial charge in [0.25, 0.3) is 0 Å². The highest BCUT2D eigenvalue weighted by Gasteiger charge is 2.47. The summed E-state index contributed by atoms with van der Waals surface area (Å²) < 4.78 is 0. The van der Waals surface area contributed by atoms with Crippen molar-refractivity contribution in [3.8, 4) is 0 Å². The minimum Gasteiger partial charge on any atom is -0.0625 e. The smallest absolute Gasteiger partial charge is 0.0290 e. The number of hydrogen-bond acceptors (Lipinski definition) is 0. The minimum absolute atomic E-state index is 0.842. The molecule has 2 saturated carbocycles. The summed E-state index contributed by atoms with van der Waals surface area (Å²) in [5.74, 6) is 3.02. The lowest BCUT2D eigenvalue weighted by atomic mass is 9.61. The molecule has 0 N–H and O–H groups in total. The van der Waals surface area contributed by atoms with Gasteiger partial charge in [-0.2, -0.15) is 0 Å². The quantitative estimate of drug-likeness (QED) is 0.555. The minimum atomic E-state index is 0.842. The Morgan fingerprint density at radius 1 is 1.17 bits per heavy atom. The van der Waals surface area contributed by atoms with Crippen molar-refractivity contribution in [2.45, 2.75) is 52.9 Å². The summed E-state index contributed by atoms with van der Waals surface area (Å²) in [7, 11) is 0. The normalized spacial score (nSPS) is 47.0. The molecular weight excluding hydrogens is 144 g/mol. The predicted octanol–water partition coefficient (Wildman–Crippen LogP) is 3.86. The summed E-state index contributed by atoms with van der Waals surface area (Å²) >= 11 is 0. The molecule has 0 aliphatic heterocycles. The number of hydrogen-bond donors (Lipinski definition) is 0. The Morgan fingerprint density at radius 2 is 1.83 bits per heavy atom. The maximum Gasteiger partial charge on any atom is -0.0290 e. The molecule has 12 heavy (non-hydrogen) atoms. The Morgan fingerprint density at radius 3 is 2.25 bits per heavy atom. The van der Waals surface area contributed by atoms with E-state index in [-0.39, 0.29) is 0 Å². The molecule has 1 atom stereocenters. The van der Waals surface area contributed by atoms with Crippen LogP contribution in [0.1, 0.15) is 52.9 Å². The van der Waals surface area contributed by atoms with Gasteiger partial charge in [-0.3, -0.25) is 0 Å². The van der Waals surface area contributed by atoms with E-state index in [2.05, 4.69) is 20.8 Å². The third-order valence-electron chi connectivity index (χ3n) is 4.25. The molecule has 1 unspecified atom stereocenters. The molecule has 2 aliphatic rings. The van der Waals surface area contributed by atoms with Gasteiger partial charge in [0.15, 0.2) is 0 Å². The van der Waals surface area contributed by atoms with E-state index in [1.807, 2.05) is 0 Å². The summed E-state index contributed by atoms with van der Waals surface area (Å²) in [6.07, 6.45) is 7.69. The summed E-state index contributed by atoms with van der Waals surface area (Å²) in [5, 5.41) is 0. The number of rotatable bonds is 1. The van der Waals surface area contributed by atoms with Crippen LogP contribution in [0.4, 0.5) is 0 Å². The van der Waals surface area contributed by atoms with Crippen molar-refractivity contribution in [3.05, 3.63) is 0 Å². The van der Waals surface area contributed by atoms with Crippen LogP contribution in [0.15, 0.2) is 0 Å². The Balaban J connectivity index is 1.90. The van der Waals surface area contributed by atoms with Crippen molar-refractivity contribution in [2.75, 3.05) is 0 Å². The van der Waals surface area contributed by atoms with E-state index in [4.69, 9.17) is 0 Å². The molecule has 0 saturated heterocycles. The van der Waals surface area contributed by atoms with Crippen LogP contribution in [-0.4, -0.2) is 0 Å². The van der Waals surface area contributed by atoms with Crippen molar-refractivity contribution in [1.82, 2.24) is 0 Å². The summed E-state index contributed by atoms with van der Waals surface area (Å²) in [4.78, 5) is 0. The zero-order valence-electron chi connectivity index (χ0n) is 8.77. The SMILES string of the molecule is CC1CC2(CCC(C(C)C)C2)C1. The largest absolute Gasteiger partial charge is 0.0625 e. The third kappa shape index (κ3) is 1.30. The second-order valence-corrected chi connectivity index (χ2v) is 5.76. The zero-order valence-corrected chi connectivity index (χ0v) is 8.77. The molecular formula is C12H22. The van der Waals surface area contributed by atoms with Gasteiger partial charge in [0, 0.05) is 0 Å². The average molecular weight is 166 g/mol. The molecule has 2 fully saturated rings. The lowest BCUT2D eigenvalue weighted by Crippen LogP contribution is -2.33. The fourth-order valence-corrected chi connectivity index (χ4v) is 3.61. The fraction of sp³-hybridized carbons (Fsp3) is 1.00. The van der Waals surface area contributed by atoms with Gasteiger partial charge in [-0.15, -0.1) is 0 Å². The van der Waals surface area contributed by atoms with Crippen LogP contribution in [0.2, 0.25) is 0 Å². The van der Waals surface area contributed by atoms with Crippen LogP contribution in [0, 0.1) is 23.2 Å². The van der Waals surface area contributed by atoms with E-state index in [1.54, 1.807) is 12.8 Å². The van der Waals surface area contributed by atoms with Crippen LogP contribution in [-0.2, 0) is 0 Å². The van der Waals surface area contributed by atoms with Crippen LogP contribution in [0.25, 0.3) is 0 Å². The molecule has 0 amide bonds. The van der Waals surface area contributed by atoms with Gasteiger partial charge in [-0.05, 0) is 55.3 Å². The van der Waals surface area contributed by atoms with E-state index in [1.165, 1.54) is 19.3 Å². The van der Waals surface area contributed by atoms with Crippen LogP contribution in [0.3, 0.4) is 0 Å². The van der Waals surface area contributed by atoms with Gasteiger partial charge in [-0.1, -0.05) is 20.8 Å². The Labute approximate surface area is 76.7 Å². The van der Waals surface area contributed by atoms with E-state index < -0.39 is 0 Å². The molecule has 0 aromatic carbocycles. The van der Waals surface area contributed by atoms with Gasteiger partial charge in [0.05, 0.1) is 0 Å². The van der Waals surface area contributed by atoms with Gasteiger partial charge in [0.2, 0.25) is 0 Å². The summed E-state index contributed by atoms with van der Waals surface area (Å²) in [6.45, 7) is 7.20. The average Bonchev–Trinajstić information content (AvgIpc) is 2.31. The molecule has 2 rings (SSSR count). The van der Waals surface area contributed by atoms with Gasteiger partial charge in [-0.25, -0.2) is 0 Å². The molecule has 0 bridgehead atoms. The summed E-state index contributed by atoms with van der Waals surface area (Å²) in [6, 6.07) is 0. The molecule has 70 valence electrons. The Hall–Kier alpha value is 0. The van der Waals surface area contributed by atoms with E-state index >= 15 is 0 Å². The van der Waals surface area contributed by atoms with Crippen molar-refractivity contribution in [1.29, 1.82) is 0 Å². The second kappa shape index (κ2) is 2.75. The maximum absolute atomic E-state index is 2.41. The first-order valence-corrected chi connectivity index (χ1v) is 5.61. The predicted molar refractivity (Wildman–Crippen MR) is 53.0 cm³/mol. The van der Waals surface area contributed by atoms with Crippen molar-refractivity contribution < 1.29 is 0 Å². The van der Waals surface area contributed by atoms with E-state index in [9.17, 15) is 0 Å². The van der Waals surface area contributed by atoms with Gasteiger partial charge >= 0.3 is 0 Å². The van der Waals surface area contributed by atoms with Crippen molar-refractivity contribution in [2.24, 2.45) is 23.2 Å². The molecule has 0 nitrogen and oxygen atoms in total. The summed E-state index contributed by atoms with van der Waals surface area (Å²) in [5.41, 5.74) is 0.842.